The molecule has 0 radical (unpaired) electrons. The maximum Gasteiger partial charge on any atom is 0.0297 e. The molecule has 1 saturated heterocycles. The van der Waals surface area contributed by atoms with Crippen molar-refractivity contribution in [3.63, 3.8) is 0 Å². The van der Waals surface area contributed by atoms with Crippen molar-refractivity contribution >= 4 is 0 Å². The summed E-state index contributed by atoms with van der Waals surface area (Å²) in [5, 5.41) is 3.86. The lowest BCUT2D eigenvalue weighted by molar-refractivity contribution is 0.295. The molecule has 1 aliphatic heterocycles. The van der Waals surface area contributed by atoms with E-state index in [0.29, 0.717) is 12.1 Å². The smallest absolute Gasteiger partial charge is 0.0297 e. The van der Waals surface area contributed by atoms with E-state index < -0.39 is 0 Å². The Hall–Kier alpha value is -0.860. The third kappa shape index (κ3) is 4.07. The minimum absolute atomic E-state index is 0.452. The van der Waals surface area contributed by atoms with Crippen LogP contribution in [0.5, 0.6) is 0 Å². The second-order valence-corrected chi connectivity index (χ2v) is 6.31. The molecular formula is C18H30N2. The van der Waals surface area contributed by atoms with E-state index in [1.165, 1.54) is 55.6 Å². The first-order chi connectivity index (χ1) is 9.60. The van der Waals surface area contributed by atoms with Crippen LogP contribution in [0.15, 0.2) is 18.2 Å². The molecule has 0 aliphatic carbocycles. The summed E-state index contributed by atoms with van der Waals surface area (Å²) in [4.78, 5) is 2.57. The fourth-order valence-electron chi connectivity index (χ4n) is 3.31. The van der Waals surface area contributed by atoms with Gasteiger partial charge in [-0.3, -0.25) is 0 Å². The van der Waals surface area contributed by atoms with Gasteiger partial charge in [-0.25, -0.2) is 0 Å². The number of benzene rings is 1. The van der Waals surface area contributed by atoms with Crippen molar-refractivity contribution in [3.05, 3.63) is 34.9 Å². The predicted octanol–water partition coefficient (Wildman–Crippen LogP) is 3.83. The molecule has 2 nitrogen and oxygen atoms in total. The lowest BCUT2D eigenvalue weighted by Gasteiger charge is -2.24. The number of hydrogen-bond donors (Lipinski definition) is 1. The normalized spacial score (nSPS) is 22.5. The predicted molar refractivity (Wildman–Crippen MR) is 87.2 cm³/mol. The van der Waals surface area contributed by atoms with Gasteiger partial charge >= 0.3 is 0 Å². The molecule has 112 valence electrons. The highest BCUT2D eigenvalue weighted by atomic mass is 15.1. The Morgan fingerprint density at radius 1 is 1.25 bits per heavy atom. The average Bonchev–Trinajstić information content (AvgIpc) is 2.66. The number of nitrogens with one attached hydrogen (secondary N) is 1. The second-order valence-electron chi connectivity index (χ2n) is 6.31. The summed E-state index contributed by atoms with van der Waals surface area (Å²) in [6, 6.07) is 7.90. The zero-order valence-electron chi connectivity index (χ0n) is 13.6. The molecule has 0 bridgehead atoms. The number of hydrogen-bond acceptors (Lipinski definition) is 2. The van der Waals surface area contributed by atoms with E-state index in [1.807, 2.05) is 0 Å². The SMILES string of the molecule is CCN1CCCC(NC(C)c2cc(C)ccc2C)CC1. The molecule has 1 aromatic rings. The van der Waals surface area contributed by atoms with Crippen molar-refractivity contribution in [2.24, 2.45) is 0 Å². The molecule has 1 N–H and O–H groups in total. The van der Waals surface area contributed by atoms with Crippen LogP contribution in [0.1, 0.15) is 55.8 Å². The molecule has 2 unspecified atom stereocenters. The number of rotatable bonds is 4. The lowest BCUT2D eigenvalue weighted by Crippen LogP contribution is -2.33. The summed E-state index contributed by atoms with van der Waals surface area (Å²) < 4.78 is 0. The van der Waals surface area contributed by atoms with Gasteiger partial charge in [0.1, 0.15) is 0 Å². The van der Waals surface area contributed by atoms with Gasteiger partial charge in [0.2, 0.25) is 0 Å². The Morgan fingerprint density at radius 3 is 2.80 bits per heavy atom. The van der Waals surface area contributed by atoms with Gasteiger partial charge in [0.05, 0.1) is 0 Å². The van der Waals surface area contributed by atoms with Crippen LogP contribution in [0, 0.1) is 13.8 Å². The second kappa shape index (κ2) is 7.24. The van der Waals surface area contributed by atoms with Crippen LogP contribution < -0.4 is 5.32 Å². The van der Waals surface area contributed by atoms with Gasteiger partial charge in [-0.1, -0.05) is 30.7 Å². The minimum atomic E-state index is 0.452. The monoisotopic (exact) mass is 274 g/mol. The molecule has 2 atom stereocenters. The fraction of sp³-hybridized carbons (Fsp3) is 0.667. The van der Waals surface area contributed by atoms with Gasteiger partial charge < -0.3 is 10.2 Å². The van der Waals surface area contributed by atoms with E-state index in [2.05, 4.69) is 56.1 Å². The third-order valence-corrected chi connectivity index (χ3v) is 4.65. The number of likely N-dealkylation sites (tertiary alicyclic amines) is 1. The first kappa shape index (κ1) is 15.5. The van der Waals surface area contributed by atoms with E-state index in [0.717, 1.165) is 0 Å². The quantitative estimate of drug-likeness (QED) is 0.897. The summed E-state index contributed by atoms with van der Waals surface area (Å²) in [6.07, 6.45) is 3.92. The zero-order chi connectivity index (χ0) is 14.5. The van der Waals surface area contributed by atoms with Crippen molar-refractivity contribution in [3.8, 4) is 0 Å². The van der Waals surface area contributed by atoms with Gasteiger partial charge in [0, 0.05) is 12.1 Å². The fourth-order valence-corrected chi connectivity index (χ4v) is 3.31. The standard InChI is InChI=1S/C18H30N2/c1-5-20-11-6-7-17(10-12-20)19-16(4)18-13-14(2)8-9-15(18)3/h8-9,13,16-17,19H,5-7,10-12H2,1-4H3. The molecule has 0 aromatic heterocycles. The van der Waals surface area contributed by atoms with Crippen LogP contribution in [0.3, 0.4) is 0 Å². The molecule has 0 spiro atoms. The van der Waals surface area contributed by atoms with Crippen LogP contribution in [0.25, 0.3) is 0 Å². The minimum Gasteiger partial charge on any atom is -0.307 e. The van der Waals surface area contributed by atoms with E-state index >= 15 is 0 Å². The van der Waals surface area contributed by atoms with Gasteiger partial charge in [0.15, 0.2) is 0 Å². The Bertz CT molecular complexity index is 427. The molecule has 2 rings (SSSR count). The molecule has 1 fully saturated rings. The maximum atomic E-state index is 3.86. The summed E-state index contributed by atoms with van der Waals surface area (Å²) in [5.41, 5.74) is 4.22. The van der Waals surface area contributed by atoms with Crippen molar-refractivity contribution in [1.82, 2.24) is 10.2 Å². The first-order valence-corrected chi connectivity index (χ1v) is 8.15. The van der Waals surface area contributed by atoms with E-state index in [-0.39, 0.29) is 0 Å². The topological polar surface area (TPSA) is 15.3 Å². The largest absolute Gasteiger partial charge is 0.307 e. The highest BCUT2D eigenvalue weighted by Gasteiger charge is 2.18. The van der Waals surface area contributed by atoms with Crippen molar-refractivity contribution in [2.75, 3.05) is 19.6 Å². The molecule has 1 aliphatic rings. The van der Waals surface area contributed by atoms with Gasteiger partial charge in [-0.15, -0.1) is 0 Å². The average molecular weight is 274 g/mol. The van der Waals surface area contributed by atoms with Crippen LogP contribution in [0.4, 0.5) is 0 Å². The van der Waals surface area contributed by atoms with Crippen molar-refractivity contribution < 1.29 is 0 Å². The van der Waals surface area contributed by atoms with Crippen molar-refractivity contribution in [2.45, 2.75) is 59.0 Å². The third-order valence-electron chi connectivity index (χ3n) is 4.65. The van der Waals surface area contributed by atoms with Crippen LogP contribution in [0.2, 0.25) is 0 Å². The Morgan fingerprint density at radius 2 is 2.05 bits per heavy atom. The Kier molecular flexibility index (Phi) is 5.62. The summed E-state index contributed by atoms with van der Waals surface area (Å²) in [5.74, 6) is 0. The number of aryl methyl sites for hydroxylation is 2. The van der Waals surface area contributed by atoms with Gasteiger partial charge in [-0.05, 0) is 70.8 Å². The molecular weight excluding hydrogens is 244 g/mol. The Balaban J connectivity index is 1.97. The van der Waals surface area contributed by atoms with Crippen LogP contribution in [-0.4, -0.2) is 30.6 Å². The van der Waals surface area contributed by atoms with Gasteiger partial charge in [0.25, 0.3) is 0 Å². The van der Waals surface area contributed by atoms with Crippen molar-refractivity contribution in [1.29, 1.82) is 0 Å². The summed E-state index contributed by atoms with van der Waals surface area (Å²) in [7, 11) is 0. The van der Waals surface area contributed by atoms with Crippen LogP contribution in [-0.2, 0) is 0 Å². The zero-order valence-corrected chi connectivity index (χ0v) is 13.6. The van der Waals surface area contributed by atoms with E-state index in [1.54, 1.807) is 0 Å². The highest BCUT2D eigenvalue weighted by Crippen LogP contribution is 2.21. The van der Waals surface area contributed by atoms with E-state index in [4.69, 9.17) is 0 Å². The molecule has 0 saturated carbocycles. The molecule has 0 amide bonds. The van der Waals surface area contributed by atoms with E-state index in [9.17, 15) is 0 Å². The first-order valence-electron chi connectivity index (χ1n) is 8.15. The molecule has 20 heavy (non-hydrogen) atoms. The summed E-state index contributed by atoms with van der Waals surface area (Å²) in [6.45, 7) is 12.7. The lowest BCUT2D eigenvalue weighted by atomic mass is 9.98. The molecule has 1 aromatic carbocycles. The number of nitrogens with zero attached hydrogens (tertiary/aromatic N) is 1. The summed E-state index contributed by atoms with van der Waals surface area (Å²) >= 11 is 0. The van der Waals surface area contributed by atoms with Crippen LogP contribution >= 0.6 is 0 Å². The highest BCUT2D eigenvalue weighted by molar-refractivity contribution is 5.32. The Labute approximate surface area is 124 Å². The molecule has 1 heterocycles. The maximum absolute atomic E-state index is 3.86. The molecule has 2 heteroatoms. The van der Waals surface area contributed by atoms with Gasteiger partial charge in [-0.2, -0.15) is 0 Å².